The van der Waals surface area contributed by atoms with Crippen molar-refractivity contribution in [2.75, 3.05) is 20.8 Å². The number of thiophene rings is 1. The molecule has 0 saturated heterocycles. The van der Waals surface area contributed by atoms with Crippen LogP contribution in [0.25, 0.3) is 0 Å². The van der Waals surface area contributed by atoms with Crippen LogP contribution in [0.2, 0.25) is 0 Å². The Morgan fingerprint density at radius 2 is 1.95 bits per heavy atom. The zero-order chi connectivity index (χ0) is 14.4. The van der Waals surface area contributed by atoms with Crippen LogP contribution in [-0.4, -0.2) is 20.8 Å². The van der Waals surface area contributed by atoms with Gasteiger partial charge in [-0.1, -0.05) is 13.0 Å². The van der Waals surface area contributed by atoms with Crippen LogP contribution in [0.4, 0.5) is 0 Å². The van der Waals surface area contributed by atoms with Crippen molar-refractivity contribution in [1.29, 1.82) is 0 Å². The number of hydrogen-bond donors (Lipinski definition) is 1. The Kier molecular flexibility index (Phi) is 5.44. The van der Waals surface area contributed by atoms with Crippen LogP contribution >= 0.6 is 11.3 Å². The summed E-state index contributed by atoms with van der Waals surface area (Å²) in [5, 5.41) is 7.86. The quantitative estimate of drug-likeness (QED) is 0.844. The van der Waals surface area contributed by atoms with E-state index in [0.29, 0.717) is 6.04 Å². The Hall–Kier alpha value is -1.52. The molecule has 2 aromatic rings. The van der Waals surface area contributed by atoms with Crippen LogP contribution in [0.15, 0.2) is 35.0 Å². The molecular weight excluding hydrogens is 270 g/mol. The standard InChI is InChI=1S/C16H21NO2S/c1-4-17-14(13-7-8-20-11-13)9-12-5-6-15(18-2)16(10-12)19-3/h5-8,10-11,14,17H,4,9H2,1-3H3. The summed E-state index contributed by atoms with van der Waals surface area (Å²) in [5.41, 5.74) is 2.58. The molecule has 0 spiro atoms. The van der Waals surface area contributed by atoms with Crippen LogP contribution in [0.1, 0.15) is 24.1 Å². The molecule has 108 valence electrons. The maximum absolute atomic E-state index is 5.37. The van der Waals surface area contributed by atoms with Gasteiger partial charge in [-0.05, 0) is 53.1 Å². The minimum Gasteiger partial charge on any atom is -0.493 e. The molecule has 3 nitrogen and oxygen atoms in total. The summed E-state index contributed by atoms with van der Waals surface area (Å²) in [4.78, 5) is 0. The Balaban J connectivity index is 2.18. The maximum Gasteiger partial charge on any atom is 0.160 e. The molecule has 1 heterocycles. The molecule has 1 N–H and O–H groups in total. The second-order valence-corrected chi connectivity index (χ2v) is 5.34. The first-order valence-electron chi connectivity index (χ1n) is 6.74. The zero-order valence-electron chi connectivity index (χ0n) is 12.2. The van der Waals surface area contributed by atoms with E-state index in [4.69, 9.17) is 9.47 Å². The number of ether oxygens (including phenoxy) is 2. The highest BCUT2D eigenvalue weighted by atomic mass is 32.1. The number of benzene rings is 1. The fraction of sp³-hybridized carbons (Fsp3) is 0.375. The van der Waals surface area contributed by atoms with Gasteiger partial charge in [0.1, 0.15) is 0 Å². The monoisotopic (exact) mass is 291 g/mol. The highest BCUT2D eigenvalue weighted by molar-refractivity contribution is 7.07. The molecular formula is C16H21NO2S. The Bertz CT molecular complexity index is 525. The minimum absolute atomic E-state index is 0.337. The van der Waals surface area contributed by atoms with Gasteiger partial charge in [0.05, 0.1) is 14.2 Å². The van der Waals surface area contributed by atoms with Gasteiger partial charge in [-0.25, -0.2) is 0 Å². The van der Waals surface area contributed by atoms with Crippen LogP contribution in [0, 0.1) is 0 Å². The second kappa shape index (κ2) is 7.31. The predicted octanol–water partition coefficient (Wildman–Crippen LogP) is 3.66. The molecule has 0 fully saturated rings. The van der Waals surface area contributed by atoms with Crippen molar-refractivity contribution in [2.45, 2.75) is 19.4 Å². The Labute approximate surface area is 124 Å². The average molecular weight is 291 g/mol. The molecule has 0 radical (unpaired) electrons. The first-order valence-corrected chi connectivity index (χ1v) is 7.69. The molecule has 0 aliphatic rings. The summed E-state index contributed by atoms with van der Waals surface area (Å²) in [6.07, 6.45) is 0.935. The van der Waals surface area contributed by atoms with Crippen LogP contribution < -0.4 is 14.8 Å². The molecule has 4 heteroatoms. The van der Waals surface area contributed by atoms with E-state index in [9.17, 15) is 0 Å². The summed E-state index contributed by atoms with van der Waals surface area (Å²) >= 11 is 1.73. The zero-order valence-corrected chi connectivity index (χ0v) is 13.0. The van der Waals surface area contributed by atoms with Gasteiger partial charge < -0.3 is 14.8 Å². The Morgan fingerprint density at radius 1 is 1.15 bits per heavy atom. The fourth-order valence-corrected chi connectivity index (χ4v) is 2.99. The summed E-state index contributed by atoms with van der Waals surface area (Å²) in [7, 11) is 3.33. The van der Waals surface area contributed by atoms with Crippen molar-refractivity contribution in [3.05, 3.63) is 46.2 Å². The molecule has 2 rings (SSSR count). The van der Waals surface area contributed by atoms with Crippen molar-refractivity contribution in [3.63, 3.8) is 0 Å². The highest BCUT2D eigenvalue weighted by Gasteiger charge is 2.13. The number of methoxy groups -OCH3 is 2. The van der Waals surface area contributed by atoms with E-state index >= 15 is 0 Å². The molecule has 0 aliphatic heterocycles. The van der Waals surface area contributed by atoms with Crippen molar-refractivity contribution < 1.29 is 9.47 Å². The molecule has 1 unspecified atom stereocenters. The van der Waals surface area contributed by atoms with E-state index in [0.717, 1.165) is 24.5 Å². The lowest BCUT2D eigenvalue weighted by molar-refractivity contribution is 0.354. The van der Waals surface area contributed by atoms with E-state index in [-0.39, 0.29) is 0 Å². The van der Waals surface area contributed by atoms with Crippen LogP contribution in [0.3, 0.4) is 0 Å². The lowest BCUT2D eigenvalue weighted by Gasteiger charge is -2.18. The SMILES string of the molecule is CCNC(Cc1ccc(OC)c(OC)c1)c1ccsc1. The maximum atomic E-state index is 5.37. The van der Waals surface area contributed by atoms with E-state index < -0.39 is 0 Å². The number of likely N-dealkylation sites (N-methyl/N-ethyl adjacent to an activating group) is 1. The van der Waals surface area contributed by atoms with Crippen molar-refractivity contribution in [2.24, 2.45) is 0 Å². The third-order valence-corrected chi connectivity index (χ3v) is 3.99. The molecule has 0 aliphatic carbocycles. The molecule has 1 aromatic carbocycles. The highest BCUT2D eigenvalue weighted by Crippen LogP contribution is 2.29. The van der Waals surface area contributed by atoms with Gasteiger partial charge in [0, 0.05) is 6.04 Å². The molecule has 1 atom stereocenters. The predicted molar refractivity (Wildman–Crippen MR) is 84.0 cm³/mol. The van der Waals surface area contributed by atoms with E-state index in [1.807, 2.05) is 6.07 Å². The smallest absolute Gasteiger partial charge is 0.160 e. The summed E-state index contributed by atoms with van der Waals surface area (Å²) in [6.45, 7) is 3.09. The molecule has 0 bridgehead atoms. The van der Waals surface area contributed by atoms with Crippen LogP contribution in [-0.2, 0) is 6.42 Å². The molecule has 0 saturated carbocycles. The first kappa shape index (κ1) is 14.9. The minimum atomic E-state index is 0.337. The van der Waals surface area contributed by atoms with Gasteiger partial charge >= 0.3 is 0 Å². The normalized spacial score (nSPS) is 12.2. The summed E-state index contributed by atoms with van der Waals surface area (Å²) in [5.74, 6) is 1.55. The van der Waals surface area contributed by atoms with Crippen LogP contribution in [0.5, 0.6) is 11.5 Å². The van der Waals surface area contributed by atoms with Crippen molar-refractivity contribution in [3.8, 4) is 11.5 Å². The Morgan fingerprint density at radius 3 is 2.55 bits per heavy atom. The lowest BCUT2D eigenvalue weighted by atomic mass is 10.0. The third-order valence-electron chi connectivity index (χ3n) is 3.28. The first-order chi connectivity index (χ1) is 9.78. The topological polar surface area (TPSA) is 30.5 Å². The number of nitrogens with one attached hydrogen (secondary N) is 1. The van der Waals surface area contributed by atoms with E-state index in [1.54, 1.807) is 25.6 Å². The second-order valence-electron chi connectivity index (χ2n) is 4.56. The van der Waals surface area contributed by atoms with E-state index in [2.05, 4.69) is 41.2 Å². The molecule has 1 aromatic heterocycles. The largest absolute Gasteiger partial charge is 0.493 e. The van der Waals surface area contributed by atoms with Gasteiger partial charge in [0.25, 0.3) is 0 Å². The van der Waals surface area contributed by atoms with Crippen molar-refractivity contribution >= 4 is 11.3 Å². The summed E-state index contributed by atoms with van der Waals surface area (Å²) in [6, 6.07) is 8.63. The van der Waals surface area contributed by atoms with Gasteiger partial charge in [-0.2, -0.15) is 11.3 Å². The summed E-state index contributed by atoms with van der Waals surface area (Å²) < 4.78 is 10.6. The van der Waals surface area contributed by atoms with Gasteiger partial charge in [-0.15, -0.1) is 0 Å². The van der Waals surface area contributed by atoms with E-state index in [1.165, 1.54) is 11.1 Å². The lowest BCUT2D eigenvalue weighted by Crippen LogP contribution is -2.22. The fourth-order valence-electron chi connectivity index (χ4n) is 2.27. The van der Waals surface area contributed by atoms with Gasteiger partial charge in [0.2, 0.25) is 0 Å². The van der Waals surface area contributed by atoms with Gasteiger partial charge in [0.15, 0.2) is 11.5 Å². The molecule has 20 heavy (non-hydrogen) atoms. The van der Waals surface area contributed by atoms with Crippen molar-refractivity contribution in [1.82, 2.24) is 5.32 Å². The average Bonchev–Trinajstić information content (AvgIpc) is 3.00. The third kappa shape index (κ3) is 3.52. The number of hydrogen-bond acceptors (Lipinski definition) is 4. The number of rotatable bonds is 7. The molecule has 0 amide bonds. The van der Waals surface area contributed by atoms with Gasteiger partial charge in [-0.3, -0.25) is 0 Å².